The molecule has 0 fully saturated rings. The van der Waals surface area contributed by atoms with Gasteiger partial charge in [0.25, 0.3) is 0 Å². The molecule has 0 spiro atoms. The van der Waals surface area contributed by atoms with Crippen molar-refractivity contribution in [3.63, 3.8) is 0 Å². The normalized spacial score (nSPS) is 9.86. The van der Waals surface area contributed by atoms with Crippen molar-refractivity contribution in [3.8, 4) is 5.88 Å². The van der Waals surface area contributed by atoms with Crippen LogP contribution in [-0.4, -0.2) is 22.9 Å². The molecule has 1 aromatic heterocycles. The molecule has 0 aromatic carbocycles. The summed E-state index contributed by atoms with van der Waals surface area (Å²) in [5.41, 5.74) is 6.01. The fraction of sp³-hybridized carbons (Fsp3) is 0.444. The summed E-state index contributed by atoms with van der Waals surface area (Å²) < 4.78 is 5.02. The Bertz CT molecular complexity index is 315. The number of amidine groups is 1. The van der Waals surface area contributed by atoms with Crippen LogP contribution in [0, 0.1) is 5.41 Å². The molecule has 0 saturated carbocycles. The molecule has 5 nitrogen and oxygen atoms in total. The van der Waals surface area contributed by atoms with Gasteiger partial charge in [0.1, 0.15) is 5.82 Å². The minimum Gasteiger partial charge on any atom is -0.481 e. The first-order valence-electron chi connectivity index (χ1n) is 4.39. The zero-order valence-electron chi connectivity index (χ0n) is 8.37. The maximum Gasteiger partial charge on any atom is 0.216 e. The number of aryl methyl sites for hydroxylation is 1. The van der Waals surface area contributed by atoms with E-state index in [0.717, 1.165) is 12.1 Å². The average molecular weight is 194 g/mol. The maximum absolute atomic E-state index is 7.16. The molecular formula is C9H14N4O. The summed E-state index contributed by atoms with van der Waals surface area (Å²) in [4.78, 5) is 8.36. The number of nitrogens with one attached hydrogen (secondary N) is 1. The van der Waals surface area contributed by atoms with E-state index in [1.165, 1.54) is 0 Å². The number of ether oxygens (including phenoxy) is 1. The summed E-state index contributed by atoms with van der Waals surface area (Å²) in [6, 6.07) is 1.69. The van der Waals surface area contributed by atoms with E-state index in [2.05, 4.69) is 9.97 Å². The van der Waals surface area contributed by atoms with E-state index in [4.69, 9.17) is 15.9 Å². The second kappa shape index (κ2) is 4.55. The highest BCUT2D eigenvalue weighted by Gasteiger charge is 2.04. The second-order valence-electron chi connectivity index (χ2n) is 2.87. The maximum atomic E-state index is 7.16. The molecule has 0 aliphatic heterocycles. The van der Waals surface area contributed by atoms with Crippen molar-refractivity contribution < 1.29 is 4.74 Å². The molecule has 0 aliphatic rings. The number of methoxy groups -OCH3 is 1. The molecule has 1 rings (SSSR count). The van der Waals surface area contributed by atoms with Gasteiger partial charge in [0.2, 0.25) is 5.88 Å². The lowest BCUT2D eigenvalue weighted by Crippen LogP contribution is -2.14. The molecule has 5 heteroatoms. The summed E-state index contributed by atoms with van der Waals surface area (Å²) in [5.74, 6) is 1.32. The standard InChI is InChI=1S/C9H14N4O/c1-3-8-12-6(4-7(10)11)5-9(13-8)14-2/h5H,3-4H2,1-2H3,(H3,10,11). The topological polar surface area (TPSA) is 84.9 Å². The fourth-order valence-electron chi connectivity index (χ4n) is 1.07. The highest BCUT2D eigenvalue weighted by molar-refractivity contribution is 5.79. The van der Waals surface area contributed by atoms with Crippen LogP contribution in [-0.2, 0) is 12.8 Å². The molecule has 0 amide bonds. The van der Waals surface area contributed by atoms with Gasteiger partial charge in [0, 0.05) is 18.9 Å². The molecule has 3 N–H and O–H groups in total. The SMILES string of the molecule is CCc1nc(CC(=N)N)cc(OC)n1. The van der Waals surface area contributed by atoms with Crippen LogP contribution in [0.25, 0.3) is 0 Å². The van der Waals surface area contributed by atoms with E-state index in [1.807, 2.05) is 6.92 Å². The van der Waals surface area contributed by atoms with Gasteiger partial charge < -0.3 is 10.5 Å². The molecule has 0 saturated heterocycles. The minimum atomic E-state index is 0.0906. The molecular weight excluding hydrogens is 180 g/mol. The van der Waals surface area contributed by atoms with Gasteiger partial charge in [0.15, 0.2) is 0 Å². The second-order valence-corrected chi connectivity index (χ2v) is 2.87. The third-order valence-electron chi connectivity index (χ3n) is 1.70. The van der Waals surface area contributed by atoms with Crippen molar-refractivity contribution >= 4 is 5.84 Å². The van der Waals surface area contributed by atoms with Crippen molar-refractivity contribution in [1.29, 1.82) is 5.41 Å². The van der Waals surface area contributed by atoms with Crippen molar-refractivity contribution in [2.24, 2.45) is 5.73 Å². The van der Waals surface area contributed by atoms with Crippen LogP contribution >= 0.6 is 0 Å². The van der Waals surface area contributed by atoms with Crippen LogP contribution < -0.4 is 10.5 Å². The van der Waals surface area contributed by atoms with Crippen LogP contribution in [0.3, 0.4) is 0 Å². The van der Waals surface area contributed by atoms with Crippen LogP contribution in [0.15, 0.2) is 6.07 Å². The largest absolute Gasteiger partial charge is 0.481 e. The van der Waals surface area contributed by atoms with Crippen molar-refractivity contribution in [2.75, 3.05) is 7.11 Å². The molecule has 14 heavy (non-hydrogen) atoms. The predicted molar refractivity (Wildman–Crippen MR) is 53.6 cm³/mol. The number of rotatable bonds is 4. The summed E-state index contributed by atoms with van der Waals surface area (Å²) in [7, 11) is 1.55. The molecule has 76 valence electrons. The van der Waals surface area contributed by atoms with Gasteiger partial charge in [-0.05, 0) is 0 Å². The van der Waals surface area contributed by atoms with Gasteiger partial charge in [-0.2, -0.15) is 4.98 Å². The van der Waals surface area contributed by atoms with Crippen molar-refractivity contribution in [1.82, 2.24) is 9.97 Å². The predicted octanol–water partition coefficient (Wildman–Crippen LogP) is 0.526. The summed E-state index contributed by atoms with van der Waals surface area (Å²) in [6.07, 6.45) is 1.08. The summed E-state index contributed by atoms with van der Waals surface area (Å²) in [6.45, 7) is 1.96. The van der Waals surface area contributed by atoms with Gasteiger partial charge >= 0.3 is 0 Å². The minimum absolute atomic E-state index is 0.0906. The zero-order chi connectivity index (χ0) is 10.6. The van der Waals surface area contributed by atoms with Crippen LogP contribution in [0.2, 0.25) is 0 Å². The Morgan fingerprint density at radius 1 is 1.57 bits per heavy atom. The molecule has 0 atom stereocenters. The summed E-state index contributed by atoms with van der Waals surface area (Å²) >= 11 is 0. The third kappa shape index (κ3) is 2.69. The van der Waals surface area contributed by atoms with Gasteiger partial charge in [0.05, 0.1) is 18.6 Å². The number of nitrogens with two attached hydrogens (primary N) is 1. The smallest absolute Gasteiger partial charge is 0.216 e. The van der Waals surface area contributed by atoms with E-state index in [1.54, 1.807) is 13.2 Å². The number of hydrogen-bond acceptors (Lipinski definition) is 4. The molecule has 1 aromatic rings. The van der Waals surface area contributed by atoms with E-state index >= 15 is 0 Å². The van der Waals surface area contributed by atoms with Crippen molar-refractivity contribution in [2.45, 2.75) is 19.8 Å². The first-order valence-corrected chi connectivity index (χ1v) is 4.39. The van der Waals surface area contributed by atoms with Crippen LogP contribution in [0.4, 0.5) is 0 Å². The van der Waals surface area contributed by atoms with Crippen molar-refractivity contribution in [3.05, 3.63) is 17.6 Å². The average Bonchev–Trinajstić information content (AvgIpc) is 2.16. The number of aromatic nitrogens is 2. The lowest BCUT2D eigenvalue weighted by Gasteiger charge is -2.05. The first-order chi connectivity index (χ1) is 6.65. The highest BCUT2D eigenvalue weighted by atomic mass is 16.5. The lowest BCUT2D eigenvalue weighted by atomic mass is 10.2. The van der Waals surface area contributed by atoms with E-state index < -0.39 is 0 Å². The van der Waals surface area contributed by atoms with E-state index in [-0.39, 0.29) is 5.84 Å². The Balaban J connectivity index is 2.98. The first kappa shape index (κ1) is 10.4. The highest BCUT2D eigenvalue weighted by Crippen LogP contribution is 2.09. The van der Waals surface area contributed by atoms with E-state index in [9.17, 15) is 0 Å². The van der Waals surface area contributed by atoms with Gasteiger partial charge in [-0.1, -0.05) is 6.92 Å². The zero-order valence-corrected chi connectivity index (χ0v) is 8.37. The summed E-state index contributed by atoms with van der Waals surface area (Å²) in [5, 5.41) is 7.16. The fourth-order valence-corrected chi connectivity index (χ4v) is 1.07. The third-order valence-corrected chi connectivity index (χ3v) is 1.70. The molecule has 0 unspecified atom stereocenters. The molecule has 1 heterocycles. The van der Waals surface area contributed by atoms with Crippen LogP contribution in [0.1, 0.15) is 18.4 Å². The Labute approximate surface area is 82.8 Å². The van der Waals surface area contributed by atoms with Gasteiger partial charge in [-0.15, -0.1) is 0 Å². The van der Waals surface area contributed by atoms with Gasteiger partial charge in [-0.25, -0.2) is 4.98 Å². The monoisotopic (exact) mass is 194 g/mol. The van der Waals surface area contributed by atoms with Crippen LogP contribution in [0.5, 0.6) is 5.88 Å². The Hall–Kier alpha value is -1.65. The number of nitrogens with zero attached hydrogens (tertiary/aromatic N) is 2. The molecule has 0 bridgehead atoms. The lowest BCUT2D eigenvalue weighted by molar-refractivity contribution is 0.394. The Morgan fingerprint density at radius 3 is 2.79 bits per heavy atom. The van der Waals surface area contributed by atoms with Gasteiger partial charge in [-0.3, -0.25) is 5.41 Å². The quantitative estimate of drug-likeness (QED) is 0.540. The number of hydrogen-bond donors (Lipinski definition) is 2. The molecule has 0 radical (unpaired) electrons. The Kier molecular flexibility index (Phi) is 3.39. The van der Waals surface area contributed by atoms with E-state index in [0.29, 0.717) is 18.1 Å². The Morgan fingerprint density at radius 2 is 2.29 bits per heavy atom. The molecule has 0 aliphatic carbocycles.